The second-order valence-electron chi connectivity index (χ2n) is 4.87. The van der Waals surface area contributed by atoms with Crippen molar-refractivity contribution in [3.8, 4) is 5.75 Å². The number of hydrogen-bond donors (Lipinski definition) is 1. The van der Waals surface area contributed by atoms with Crippen LogP contribution in [0.3, 0.4) is 0 Å². The topological polar surface area (TPSA) is 74.7 Å². The van der Waals surface area contributed by atoms with Crippen LogP contribution in [0, 0.1) is 5.82 Å². The van der Waals surface area contributed by atoms with E-state index in [2.05, 4.69) is 0 Å². The molecular formula is C13H16FNO4S. The van der Waals surface area contributed by atoms with Gasteiger partial charge in [-0.05, 0) is 31.2 Å². The lowest BCUT2D eigenvalue weighted by atomic mass is 10.1. The molecule has 1 aliphatic heterocycles. The Bertz CT molecular complexity index is 615. The van der Waals surface area contributed by atoms with Gasteiger partial charge in [0.15, 0.2) is 15.6 Å². The third kappa shape index (κ3) is 3.77. The van der Waals surface area contributed by atoms with Gasteiger partial charge in [-0.3, -0.25) is 9.69 Å². The van der Waals surface area contributed by atoms with Gasteiger partial charge in [0.1, 0.15) is 11.6 Å². The summed E-state index contributed by atoms with van der Waals surface area (Å²) in [5, 5.41) is 9.57. The number of phenolic OH excluding ortho intramolecular Hbond substituents is 1. The Labute approximate surface area is 116 Å². The number of halogens is 1. The molecule has 0 radical (unpaired) electrons. The molecule has 0 aliphatic carbocycles. The maximum atomic E-state index is 13.1. The highest BCUT2D eigenvalue weighted by atomic mass is 32.2. The minimum atomic E-state index is -3.03. The summed E-state index contributed by atoms with van der Waals surface area (Å²) in [6.45, 7) is 0.762. The molecule has 0 spiro atoms. The van der Waals surface area contributed by atoms with Gasteiger partial charge in [0, 0.05) is 6.54 Å². The van der Waals surface area contributed by atoms with Crippen molar-refractivity contribution < 1.29 is 22.7 Å². The van der Waals surface area contributed by atoms with Crippen LogP contribution in [-0.4, -0.2) is 55.3 Å². The molecule has 0 amide bonds. The SMILES string of the molecule is O=C(CN1CCCS(=O)(=O)CC1)c1cc(F)ccc1O. The lowest BCUT2D eigenvalue weighted by Gasteiger charge is -2.18. The van der Waals surface area contributed by atoms with Gasteiger partial charge in [-0.2, -0.15) is 0 Å². The normalized spacial score (nSPS) is 19.4. The molecule has 110 valence electrons. The number of sulfone groups is 1. The molecule has 1 aliphatic rings. The highest BCUT2D eigenvalue weighted by Gasteiger charge is 2.22. The van der Waals surface area contributed by atoms with Crippen molar-refractivity contribution in [1.82, 2.24) is 4.90 Å². The van der Waals surface area contributed by atoms with Crippen molar-refractivity contribution in [2.24, 2.45) is 0 Å². The van der Waals surface area contributed by atoms with Gasteiger partial charge in [-0.25, -0.2) is 12.8 Å². The fraction of sp³-hybridized carbons (Fsp3) is 0.462. The summed E-state index contributed by atoms with van der Waals surface area (Å²) >= 11 is 0. The molecule has 5 nitrogen and oxygen atoms in total. The molecule has 2 rings (SSSR count). The number of benzene rings is 1. The molecule has 0 atom stereocenters. The summed E-state index contributed by atoms with van der Waals surface area (Å²) < 4.78 is 36.0. The molecule has 0 saturated carbocycles. The van der Waals surface area contributed by atoms with E-state index in [0.717, 1.165) is 18.2 Å². The monoisotopic (exact) mass is 301 g/mol. The number of carbonyl (C=O) groups is 1. The van der Waals surface area contributed by atoms with Crippen LogP contribution in [0.25, 0.3) is 0 Å². The summed E-state index contributed by atoms with van der Waals surface area (Å²) in [6.07, 6.45) is 0.477. The van der Waals surface area contributed by atoms with E-state index in [9.17, 15) is 22.7 Å². The number of ketones is 1. The van der Waals surface area contributed by atoms with Crippen molar-refractivity contribution in [3.05, 3.63) is 29.6 Å². The van der Waals surface area contributed by atoms with Gasteiger partial charge in [0.2, 0.25) is 0 Å². The maximum Gasteiger partial charge on any atom is 0.180 e. The molecule has 20 heavy (non-hydrogen) atoms. The zero-order chi connectivity index (χ0) is 14.8. The second kappa shape index (κ2) is 5.88. The average molecular weight is 301 g/mol. The van der Waals surface area contributed by atoms with E-state index in [1.54, 1.807) is 4.90 Å². The van der Waals surface area contributed by atoms with Gasteiger partial charge in [-0.1, -0.05) is 0 Å². The fourth-order valence-electron chi connectivity index (χ4n) is 2.17. The summed E-state index contributed by atoms with van der Waals surface area (Å²) in [6, 6.07) is 3.20. The molecule has 0 aromatic heterocycles. The van der Waals surface area contributed by atoms with E-state index in [0.29, 0.717) is 13.0 Å². The zero-order valence-corrected chi connectivity index (χ0v) is 11.7. The largest absolute Gasteiger partial charge is 0.507 e. The first kappa shape index (κ1) is 14.9. The lowest BCUT2D eigenvalue weighted by molar-refractivity contribution is 0.0932. The van der Waals surface area contributed by atoms with Gasteiger partial charge in [0.25, 0.3) is 0 Å². The highest BCUT2D eigenvalue weighted by Crippen LogP contribution is 2.19. The van der Waals surface area contributed by atoms with Gasteiger partial charge >= 0.3 is 0 Å². The number of rotatable bonds is 3. The molecule has 1 saturated heterocycles. The number of phenols is 1. The van der Waals surface area contributed by atoms with Crippen LogP contribution in [-0.2, 0) is 9.84 Å². The van der Waals surface area contributed by atoms with Gasteiger partial charge < -0.3 is 5.11 Å². The molecule has 7 heteroatoms. The Morgan fingerprint density at radius 1 is 1.30 bits per heavy atom. The average Bonchev–Trinajstić information content (AvgIpc) is 2.54. The Kier molecular flexibility index (Phi) is 4.39. The van der Waals surface area contributed by atoms with E-state index < -0.39 is 21.4 Å². The first-order valence-electron chi connectivity index (χ1n) is 6.32. The number of hydrogen-bond acceptors (Lipinski definition) is 5. The van der Waals surface area contributed by atoms with Crippen LogP contribution in [0.2, 0.25) is 0 Å². The predicted octanol–water partition coefficient (Wildman–Crippen LogP) is 0.835. The van der Waals surface area contributed by atoms with E-state index in [1.165, 1.54) is 0 Å². The van der Waals surface area contributed by atoms with Crippen molar-refractivity contribution >= 4 is 15.6 Å². The Balaban J connectivity index is 2.06. The standard InChI is InChI=1S/C13H16FNO4S/c14-10-2-3-12(16)11(8-10)13(17)9-15-4-1-6-20(18,19)7-5-15/h2-3,8,16H,1,4-7,9H2. The minimum Gasteiger partial charge on any atom is -0.507 e. The van der Waals surface area contributed by atoms with Crippen LogP contribution < -0.4 is 0 Å². The first-order valence-corrected chi connectivity index (χ1v) is 8.14. The maximum absolute atomic E-state index is 13.1. The van der Waals surface area contributed by atoms with E-state index in [4.69, 9.17) is 0 Å². The third-order valence-electron chi connectivity index (χ3n) is 3.27. The summed E-state index contributed by atoms with van der Waals surface area (Å²) in [5.41, 5.74) is -0.0721. The highest BCUT2D eigenvalue weighted by molar-refractivity contribution is 7.91. The zero-order valence-electron chi connectivity index (χ0n) is 10.9. The number of Topliss-reactive ketones (excluding diaryl/α,β-unsaturated/α-hetero) is 1. The molecular weight excluding hydrogens is 285 g/mol. The second-order valence-corrected chi connectivity index (χ2v) is 7.17. The molecule has 1 N–H and O–H groups in total. The van der Waals surface area contributed by atoms with E-state index >= 15 is 0 Å². The molecule has 0 bridgehead atoms. The van der Waals surface area contributed by atoms with Crippen LogP contribution in [0.1, 0.15) is 16.8 Å². The van der Waals surface area contributed by atoms with E-state index in [-0.39, 0.29) is 35.9 Å². The Morgan fingerprint density at radius 3 is 2.80 bits per heavy atom. The summed E-state index contributed by atoms with van der Waals surface area (Å²) in [5.74, 6) is -1.12. The van der Waals surface area contributed by atoms with Crippen LogP contribution >= 0.6 is 0 Å². The summed E-state index contributed by atoms with van der Waals surface area (Å²) in [7, 11) is -3.03. The third-order valence-corrected chi connectivity index (χ3v) is 4.99. The number of carbonyl (C=O) groups excluding carboxylic acids is 1. The molecule has 1 aromatic carbocycles. The van der Waals surface area contributed by atoms with E-state index in [1.807, 2.05) is 0 Å². The summed E-state index contributed by atoms with van der Waals surface area (Å²) in [4.78, 5) is 13.8. The quantitative estimate of drug-likeness (QED) is 0.837. The lowest BCUT2D eigenvalue weighted by Crippen LogP contribution is -2.32. The molecule has 1 heterocycles. The van der Waals surface area contributed by atoms with Crippen molar-refractivity contribution in [2.45, 2.75) is 6.42 Å². The molecule has 1 aromatic rings. The predicted molar refractivity (Wildman–Crippen MR) is 72.1 cm³/mol. The van der Waals surface area contributed by atoms with Crippen LogP contribution in [0.4, 0.5) is 4.39 Å². The Morgan fingerprint density at radius 2 is 2.05 bits per heavy atom. The van der Waals surface area contributed by atoms with Gasteiger partial charge in [0.05, 0.1) is 23.6 Å². The van der Waals surface area contributed by atoms with Crippen LogP contribution in [0.15, 0.2) is 18.2 Å². The Hall–Kier alpha value is -1.47. The minimum absolute atomic E-state index is 0.0213. The van der Waals surface area contributed by atoms with Gasteiger partial charge in [-0.15, -0.1) is 0 Å². The molecule has 1 fully saturated rings. The van der Waals surface area contributed by atoms with Crippen molar-refractivity contribution in [1.29, 1.82) is 0 Å². The smallest absolute Gasteiger partial charge is 0.180 e. The number of aromatic hydroxyl groups is 1. The van der Waals surface area contributed by atoms with Crippen LogP contribution in [0.5, 0.6) is 5.75 Å². The molecule has 0 unspecified atom stereocenters. The number of nitrogens with zero attached hydrogens (tertiary/aromatic N) is 1. The van der Waals surface area contributed by atoms with Crippen molar-refractivity contribution in [2.75, 3.05) is 31.1 Å². The fourth-order valence-corrected chi connectivity index (χ4v) is 3.48. The van der Waals surface area contributed by atoms with Crippen molar-refractivity contribution in [3.63, 3.8) is 0 Å². The first-order chi connectivity index (χ1) is 9.37.